The van der Waals surface area contributed by atoms with Crippen molar-refractivity contribution in [2.24, 2.45) is 5.73 Å². The molecule has 0 radical (unpaired) electrons. The molecule has 2 N–H and O–H groups in total. The highest BCUT2D eigenvalue weighted by Crippen LogP contribution is 2.19. The quantitative estimate of drug-likeness (QED) is 0.794. The minimum atomic E-state index is -3.70. The smallest absolute Gasteiger partial charge is 0.243 e. The first kappa shape index (κ1) is 15.5. The molecule has 106 valence electrons. The van der Waals surface area contributed by atoms with Crippen molar-refractivity contribution in [2.45, 2.75) is 18.7 Å². The number of nitrogens with two attached hydrogens (primary N) is 1. The van der Waals surface area contributed by atoms with Gasteiger partial charge in [0.2, 0.25) is 15.9 Å². The van der Waals surface area contributed by atoms with Gasteiger partial charge in [0, 0.05) is 6.54 Å². The number of benzene rings is 1. The molecule has 0 saturated carbocycles. The Bertz CT molecular complexity index is 525. The average molecular weight is 286 g/mol. The molecule has 0 bridgehead atoms. The molecule has 7 heteroatoms. The van der Waals surface area contributed by atoms with Crippen LogP contribution in [0.3, 0.4) is 0 Å². The van der Waals surface area contributed by atoms with E-state index in [-0.39, 0.29) is 18.0 Å². The first-order valence-electron chi connectivity index (χ1n) is 5.93. The lowest BCUT2D eigenvalue weighted by molar-refractivity contribution is -0.118. The van der Waals surface area contributed by atoms with E-state index in [1.165, 1.54) is 12.1 Å². The molecule has 0 aromatic heterocycles. The zero-order chi connectivity index (χ0) is 14.5. The van der Waals surface area contributed by atoms with Crippen LogP contribution in [0.15, 0.2) is 29.2 Å². The summed E-state index contributed by atoms with van der Waals surface area (Å²) >= 11 is 0. The van der Waals surface area contributed by atoms with Crippen LogP contribution in [-0.4, -0.2) is 38.3 Å². The van der Waals surface area contributed by atoms with Gasteiger partial charge in [-0.1, -0.05) is 6.92 Å². The second kappa shape index (κ2) is 6.53. The molecular weight excluding hydrogens is 268 g/mol. The SMILES string of the molecule is CCOc1ccc(S(=O)(=O)N(CC)CC(N)=O)cc1. The van der Waals surface area contributed by atoms with Crippen molar-refractivity contribution in [3.05, 3.63) is 24.3 Å². The Morgan fingerprint density at radius 1 is 1.26 bits per heavy atom. The van der Waals surface area contributed by atoms with Gasteiger partial charge in [-0.2, -0.15) is 4.31 Å². The monoisotopic (exact) mass is 286 g/mol. The minimum Gasteiger partial charge on any atom is -0.494 e. The van der Waals surface area contributed by atoms with Crippen LogP contribution in [0, 0.1) is 0 Å². The lowest BCUT2D eigenvalue weighted by Crippen LogP contribution is -2.38. The second-order valence-corrected chi connectivity index (χ2v) is 5.74. The topological polar surface area (TPSA) is 89.7 Å². The number of primary amides is 1. The van der Waals surface area contributed by atoms with Gasteiger partial charge in [0.1, 0.15) is 5.75 Å². The standard InChI is InChI=1S/C12H18N2O4S/c1-3-14(9-12(13)15)19(16,17)11-7-5-10(6-8-11)18-4-2/h5-8H,3-4,9H2,1-2H3,(H2,13,15). The molecular formula is C12H18N2O4S. The van der Waals surface area contributed by atoms with Crippen molar-refractivity contribution in [2.75, 3.05) is 19.7 Å². The molecule has 0 saturated heterocycles. The van der Waals surface area contributed by atoms with Gasteiger partial charge in [0.05, 0.1) is 18.0 Å². The van der Waals surface area contributed by atoms with Crippen LogP contribution in [0.5, 0.6) is 5.75 Å². The highest BCUT2D eigenvalue weighted by molar-refractivity contribution is 7.89. The van der Waals surface area contributed by atoms with Gasteiger partial charge >= 0.3 is 0 Å². The molecule has 1 amide bonds. The van der Waals surface area contributed by atoms with Crippen molar-refractivity contribution in [1.82, 2.24) is 4.31 Å². The Morgan fingerprint density at radius 3 is 2.26 bits per heavy atom. The number of likely N-dealkylation sites (N-methyl/N-ethyl adjacent to an activating group) is 1. The molecule has 1 aromatic rings. The zero-order valence-electron chi connectivity index (χ0n) is 11.0. The Labute approximate surface area is 113 Å². The lowest BCUT2D eigenvalue weighted by Gasteiger charge is -2.18. The number of ether oxygens (including phenoxy) is 1. The molecule has 0 unspecified atom stereocenters. The summed E-state index contributed by atoms with van der Waals surface area (Å²) in [6, 6.07) is 6.05. The molecule has 0 aliphatic carbocycles. The van der Waals surface area contributed by atoms with E-state index in [4.69, 9.17) is 10.5 Å². The summed E-state index contributed by atoms with van der Waals surface area (Å²) in [4.78, 5) is 11.0. The van der Waals surface area contributed by atoms with Crippen molar-refractivity contribution < 1.29 is 17.9 Å². The fraction of sp³-hybridized carbons (Fsp3) is 0.417. The first-order valence-corrected chi connectivity index (χ1v) is 7.37. The van der Waals surface area contributed by atoms with E-state index in [9.17, 15) is 13.2 Å². The van der Waals surface area contributed by atoms with E-state index < -0.39 is 15.9 Å². The fourth-order valence-corrected chi connectivity index (χ4v) is 2.98. The van der Waals surface area contributed by atoms with Crippen molar-refractivity contribution in [3.63, 3.8) is 0 Å². The lowest BCUT2D eigenvalue weighted by atomic mass is 10.3. The summed E-state index contributed by atoms with van der Waals surface area (Å²) in [6.07, 6.45) is 0. The Morgan fingerprint density at radius 2 is 1.84 bits per heavy atom. The van der Waals surface area contributed by atoms with Gasteiger partial charge in [0.25, 0.3) is 0 Å². The maximum Gasteiger partial charge on any atom is 0.243 e. The number of sulfonamides is 1. The van der Waals surface area contributed by atoms with Gasteiger partial charge < -0.3 is 10.5 Å². The van der Waals surface area contributed by atoms with Crippen molar-refractivity contribution >= 4 is 15.9 Å². The van der Waals surface area contributed by atoms with Gasteiger partial charge in [-0.3, -0.25) is 4.79 Å². The van der Waals surface area contributed by atoms with Crippen LogP contribution in [0.25, 0.3) is 0 Å². The molecule has 0 heterocycles. The average Bonchev–Trinajstić information content (AvgIpc) is 2.36. The number of hydrogen-bond donors (Lipinski definition) is 1. The predicted molar refractivity (Wildman–Crippen MR) is 71.2 cm³/mol. The molecule has 0 aliphatic rings. The van der Waals surface area contributed by atoms with E-state index in [2.05, 4.69) is 0 Å². The third-order valence-corrected chi connectivity index (χ3v) is 4.39. The number of nitrogens with zero attached hydrogens (tertiary/aromatic N) is 1. The van der Waals surface area contributed by atoms with Gasteiger partial charge in [0.15, 0.2) is 0 Å². The maximum atomic E-state index is 12.2. The number of carbonyl (C=O) groups excluding carboxylic acids is 1. The minimum absolute atomic E-state index is 0.110. The largest absolute Gasteiger partial charge is 0.494 e. The molecule has 0 spiro atoms. The van der Waals surface area contributed by atoms with Crippen LogP contribution in [0.2, 0.25) is 0 Å². The molecule has 0 atom stereocenters. The molecule has 1 rings (SSSR count). The highest BCUT2D eigenvalue weighted by Gasteiger charge is 2.24. The van der Waals surface area contributed by atoms with Gasteiger partial charge in [-0.05, 0) is 31.2 Å². The summed E-state index contributed by atoms with van der Waals surface area (Å²) < 4.78 is 30.8. The molecule has 0 fully saturated rings. The Balaban J connectivity index is 3.01. The third-order valence-electron chi connectivity index (χ3n) is 2.46. The summed E-state index contributed by atoms with van der Waals surface area (Å²) in [5.41, 5.74) is 5.04. The second-order valence-electron chi connectivity index (χ2n) is 3.80. The molecule has 1 aromatic carbocycles. The molecule has 6 nitrogen and oxygen atoms in total. The molecule has 19 heavy (non-hydrogen) atoms. The maximum absolute atomic E-state index is 12.2. The zero-order valence-corrected chi connectivity index (χ0v) is 11.8. The summed E-state index contributed by atoms with van der Waals surface area (Å²) in [5.74, 6) is -0.0873. The number of hydrogen-bond acceptors (Lipinski definition) is 4. The van der Waals surface area contributed by atoms with E-state index in [1.54, 1.807) is 19.1 Å². The predicted octanol–water partition coefficient (Wildman–Crippen LogP) is 0.581. The number of rotatable bonds is 7. The van der Waals surface area contributed by atoms with Crippen LogP contribution in [-0.2, 0) is 14.8 Å². The summed E-state index contributed by atoms with van der Waals surface area (Å²) in [5, 5.41) is 0. The van der Waals surface area contributed by atoms with Crippen LogP contribution in [0.4, 0.5) is 0 Å². The Hall–Kier alpha value is -1.60. The highest BCUT2D eigenvalue weighted by atomic mass is 32.2. The van der Waals surface area contributed by atoms with Crippen molar-refractivity contribution in [1.29, 1.82) is 0 Å². The van der Waals surface area contributed by atoms with E-state index in [0.717, 1.165) is 4.31 Å². The van der Waals surface area contributed by atoms with Crippen LogP contribution >= 0.6 is 0 Å². The van der Waals surface area contributed by atoms with Crippen molar-refractivity contribution in [3.8, 4) is 5.75 Å². The Kier molecular flexibility index (Phi) is 5.31. The number of carbonyl (C=O) groups is 1. The fourth-order valence-electron chi connectivity index (χ4n) is 1.56. The normalized spacial score (nSPS) is 11.5. The van der Waals surface area contributed by atoms with Crippen LogP contribution in [0.1, 0.15) is 13.8 Å². The third kappa shape index (κ3) is 3.93. The number of amides is 1. The van der Waals surface area contributed by atoms with Crippen LogP contribution < -0.4 is 10.5 Å². The van der Waals surface area contributed by atoms with E-state index in [0.29, 0.717) is 12.4 Å². The first-order chi connectivity index (χ1) is 8.91. The van der Waals surface area contributed by atoms with E-state index in [1.807, 2.05) is 6.92 Å². The summed E-state index contributed by atoms with van der Waals surface area (Å²) in [6.45, 7) is 3.85. The summed E-state index contributed by atoms with van der Waals surface area (Å²) in [7, 11) is -3.70. The van der Waals surface area contributed by atoms with Gasteiger partial charge in [-0.15, -0.1) is 0 Å². The molecule has 0 aliphatic heterocycles. The van der Waals surface area contributed by atoms with E-state index >= 15 is 0 Å². The van der Waals surface area contributed by atoms with Gasteiger partial charge in [-0.25, -0.2) is 8.42 Å².